The molecule has 0 bridgehead atoms. The van der Waals surface area contributed by atoms with Crippen LogP contribution in [0.15, 0.2) is 36.4 Å². The zero-order valence-electron chi connectivity index (χ0n) is 11.2. The lowest BCUT2D eigenvalue weighted by atomic mass is 9.95. The first kappa shape index (κ1) is 13.3. The molecule has 2 aromatic rings. The molecule has 0 aliphatic carbocycles. The number of hydrogen-bond acceptors (Lipinski definition) is 2. The van der Waals surface area contributed by atoms with Crippen molar-refractivity contribution >= 4 is 5.78 Å². The number of ether oxygens (including phenoxy) is 1. The normalized spacial score (nSPS) is 10.3. The largest absolute Gasteiger partial charge is 0.496 e. The zero-order valence-corrected chi connectivity index (χ0v) is 11.2. The van der Waals surface area contributed by atoms with E-state index in [2.05, 4.69) is 0 Å². The summed E-state index contributed by atoms with van der Waals surface area (Å²) in [4.78, 5) is 12.5. The third-order valence-electron chi connectivity index (χ3n) is 3.26. The highest BCUT2D eigenvalue weighted by Gasteiger charge is 2.17. The quantitative estimate of drug-likeness (QED) is 0.785. The predicted molar refractivity (Wildman–Crippen MR) is 72.3 cm³/mol. The molecule has 0 saturated carbocycles. The molecule has 0 aliphatic heterocycles. The molecule has 0 amide bonds. The molecule has 3 heteroatoms. The van der Waals surface area contributed by atoms with E-state index in [0.29, 0.717) is 11.3 Å². The second-order valence-corrected chi connectivity index (χ2v) is 4.42. The summed E-state index contributed by atoms with van der Waals surface area (Å²) in [7, 11) is 1.47. The van der Waals surface area contributed by atoms with Crippen molar-refractivity contribution in [2.24, 2.45) is 0 Å². The molecule has 0 aromatic heterocycles. The van der Waals surface area contributed by atoms with Crippen LogP contribution in [-0.2, 0) is 0 Å². The summed E-state index contributed by atoms with van der Waals surface area (Å²) in [5, 5.41) is 0. The molecule has 0 N–H and O–H groups in total. The molecule has 0 spiro atoms. The molecule has 98 valence electrons. The van der Waals surface area contributed by atoms with Crippen LogP contribution in [0.2, 0.25) is 0 Å². The van der Waals surface area contributed by atoms with Crippen LogP contribution in [0.1, 0.15) is 27.0 Å². The number of aryl methyl sites for hydroxylation is 1. The van der Waals surface area contributed by atoms with Crippen molar-refractivity contribution in [3.8, 4) is 5.75 Å². The topological polar surface area (TPSA) is 26.3 Å². The van der Waals surface area contributed by atoms with Crippen molar-refractivity contribution in [3.05, 3.63) is 64.5 Å². The van der Waals surface area contributed by atoms with E-state index in [1.54, 1.807) is 6.07 Å². The first-order valence-electron chi connectivity index (χ1n) is 5.99. The lowest BCUT2D eigenvalue weighted by Crippen LogP contribution is -2.07. The van der Waals surface area contributed by atoms with Gasteiger partial charge in [-0.2, -0.15) is 0 Å². The molecule has 0 atom stereocenters. The number of carbonyl (C=O) groups excluding carboxylic acids is 1. The molecule has 0 fully saturated rings. The molecule has 0 aliphatic rings. The number of benzene rings is 2. The summed E-state index contributed by atoms with van der Waals surface area (Å²) >= 11 is 0. The molecule has 2 nitrogen and oxygen atoms in total. The Balaban J connectivity index is 2.56. The Kier molecular flexibility index (Phi) is 3.65. The minimum Gasteiger partial charge on any atom is -0.496 e. The summed E-state index contributed by atoms with van der Waals surface area (Å²) in [6, 6.07) is 9.46. The van der Waals surface area contributed by atoms with Gasteiger partial charge in [0.1, 0.15) is 11.6 Å². The van der Waals surface area contributed by atoms with E-state index in [0.717, 1.165) is 11.1 Å². The number of methoxy groups -OCH3 is 1. The van der Waals surface area contributed by atoms with Gasteiger partial charge in [-0.3, -0.25) is 4.79 Å². The minimum atomic E-state index is -0.450. The fraction of sp³-hybridized carbons (Fsp3) is 0.188. The van der Waals surface area contributed by atoms with Crippen LogP contribution in [0.4, 0.5) is 4.39 Å². The van der Waals surface area contributed by atoms with Gasteiger partial charge in [0.25, 0.3) is 0 Å². The second-order valence-electron chi connectivity index (χ2n) is 4.42. The predicted octanol–water partition coefficient (Wildman–Crippen LogP) is 3.68. The van der Waals surface area contributed by atoms with E-state index in [9.17, 15) is 9.18 Å². The number of carbonyl (C=O) groups is 1. The molecule has 2 rings (SSSR count). The Morgan fingerprint density at radius 2 is 1.84 bits per heavy atom. The smallest absolute Gasteiger partial charge is 0.197 e. The monoisotopic (exact) mass is 258 g/mol. The number of hydrogen-bond donors (Lipinski definition) is 0. The van der Waals surface area contributed by atoms with Crippen LogP contribution in [0.25, 0.3) is 0 Å². The SMILES string of the molecule is COc1ccc(F)cc1C(=O)c1cccc(C)c1C. The van der Waals surface area contributed by atoms with Crippen molar-refractivity contribution in [2.75, 3.05) is 7.11 Å². The molecule has 0 radical (unpaired) electrons. The van der Waals surface area contributed by atoms with Crippen LogP contribution < -0.4 is 4.74 Å². The molecule has 19 heavy (non-hydrogen) atoms. The summed E-state index contributed by atoms with van der Waals surface area (Å²) in [5.41, 5.74) is 2.75. The molecular weight excluding hydrogens is 243 g/mol. The fourth-order valence-corrected chi connectivity index (χ4v) is 2.00. The maximum absolute atomic E-state index is 13.3. The van der Waals surface area contributed by atoms with Gasteiger partial charge in [0.05, 0.1) is 12.7 Å². The van der Waals surface area contributed by atoms with E-state index in [1.807, 2.05) is 26.0 Å². The highest BCUT2D eigenvalue weighted by Crippen LogP contribution is 2.24. The standard InChI is InChI=1S/C16H15FO2/c1-10-5-4-6-13(11(10)2)16(18)14-9-12(17)7-8-15(14)19-3/h4-9H,1-3H3. The van der Waals surface area contributed by atoms with Crippen molar-refractivity contribution in [2.45, 2.75) is 13.8 Å². The molecule has 2 aromatic carbocycles. The molecule has 0 saturated heterocycles. The maximum atomic E-state index is 13.3. The van der Waals surface area contributed by atoms with Gasteiger partial charge < -0.3 is 4.74 Å². The van der Waals surface area contributed by atoms with Gasteiger partial charge in [-0.25, -0.2) is 4.39 Å². The fourth-order valence-electron chi connectivity index (χ4n) is 2.00. The summed E-state index contributed by atoms with van der Waals surface area (Å²) < 4.78 is 18.5. The third kappa shape index (κ3) is 2.50. The average Bonchev–Trinajstić information content (AvgIpc) is 2.41. The van der Waals surface area contributed by atoms with Gasteiger partial charge in [-0.05, 0) is 43.2 Å². The van der Waals surface area contributed by atoms with Gasteiger partial charge in [0, 0.05) is 5.56 Å². The summed E-state index contributed by atoms with van der Waals surface area (Å²) in [6.07, 6.45) is 0. The summed E-state index contributed by atoms with van der Waals surface area (Å²) in [5.74, 6) is -0.292. The molecule has 0 heterocycles. The maximum Gasteiger partial charge on any atom is 0.197 e. The lowest BCUT2D eigenvalue weighted by molar-refractivity contribution is 0.103. The Morgan fingerprint density at radius 1 is 1.11 bits per heavy atom. The van der Waals surface area contributed by atoms with Gasteiger partial charge in [-0.15, -0.1) is 0 Å². The van der Waals surface area contributed by atoms with Gasteiger partial charge in [0.2, 0.25) is 0 Å². The van der Waals surface area contributed by atoms with Gasteiger partial charge >= 0.3 is 0 Å². The van der Waals surface area contributed by atoms with E-state index < -0.39 is 5.82 Å². The molecular formula is C16H15FO2. The van der Waals surface area contributed by atoms with Crippen LogP contribution in [0.3, 0.4) is 0 Å². The lowest BCUT2D eigenvalue weighted by Gasteiger charge is -2.10. The Morgan fingerprint density at radius 3 is 2.53 bits per heavy atom. The van der Waals surface area contributed by atoms with Crippen LogP contribution in [0.5, 0.6) is 5.75 Å². The van der Waals surface area contributed by atoms with Crippen molar-refractivity contribution in [3.63, 3.8) is 0 Å². The number of ketones is 1. The summed E-state index contributed by atoms with van der Waals surface area (Å²) in [6.45, 7) is 3.82. The van der Waals surface area contributed by atoms with Crippen molar-refractivity contribution in [1.29, 1.82) is 0 Å². The van der Waals surface area contributed by atoms with Crippen LogP contribution in [-0.4, -0.2) is 12.9 Å². The number of rotatable bonds is 3. The first-order chi connectivity index (χ1) is 9.04. The highest BCUT2D eigenvalue weighted by molar-refractivity contribution is 6.11. The van der Waals surface area contributed by atoms with Crippen molar-refractivity contribution < 1.29 is 13.9 Å². The van der Waals surface area contributed by atoms with E-state index >= 15 is 0 Å². The van der Waals surface area contributed by atoms with Crippen LogP contribution >= 0.6 is 0 Å². The highest BCUT2D eigenvalue weighted by atomic mass is 19.1. The Hall–Kier alpha value is -2.16. The van der Waals surface area contributed by atoms with E-state index in [1.165, 1.54) is 25.3 Å². The average molecular weight is 258 g/mol. The first-order valence-corrected chi connectivity index (χ1v) is 5.99. The molecule has 0 unspecified atom stereocenters. The Bertz CT molecular complexity index is 633. The van der Waals surface area contributed by atoms with Crippen molar-refractivity contribution in [1.82, 2.24) is 0 Å². The number of halogens is 1. The minimum absolute atomic E-state index is 0.224. The van der Waals surface area contributed by atoms with E-state index in [-0.39, 0.29) is 11.3 Å². The zero-order chi connectivity index (χ0) is 14.0. The second kappa shape index (κ2) is 5.22. The van der Waals surface area contributed by atoms with Crippen LogP contribution in [0, 0.1) is 19.7 Å². The third-order valence-corrected chi connectivity index (χ3v) is 3.26. The van der Waals surface area contributed by atoms with Gasteiger partial charge in [-0.1, -0.05) is 18.2 Å². The Labute approximate surface area is 111 Å². The van der Waals surface area contributed by atoms with E-state index in [4.69, 9.17) is 4.74 Å². The van der Waals surface area contributed by atoms with Gasteiger partial charge in [0.15, 0.2) is 5.78 Å².